The van der Waals surface area contributed by atoms with Gasteiger partial charge < -0.3 is 14.0 Å². The summed E-state index contributed by atoms with van der Waals surface area (Å²) >= 11 is 0. The van der Waals surface area contributed by atoms with Crippen LogP contribution in [-0.2, 0) is 25.0 Å². The molecule has 0 spiro atoms. The first-order chi connectivity index (χ1) is 13.5. The molecule has 28 heavy (non-hydrogen) atoms. The zero-order valence-corrected chi connectivity index (χ0v) is 16.3. The summed E-state index contributed by atoms with van der Waals surface area (Å²) < 4.78 is 19.7. The Hall–Kier alpha value is -3.34. The van der Waals surface area contributed by atoms with Crippen LogP contribution >= 0.6 is 0 Å². The van der Waals surface area contributed by atoms with E-state index in [1.165, 1.54) is 4.68 Å². The summed E-state index contributed by atoms with van der Waals surface area (Å²) in [6.07, 6.45) is 0. The van der Waals surface area contributed by atoms with Crippen molar-refractivity contribution in [2.24, 2.45) is 7.05 Å². The lowest BCUT2D eigenvalue weighted by molar-refractivity contribution is 0.185. The van der Waals surface area contributed by atoms with Gasteiger partial charge >= 0.3 is 0 Å². The first kappa shape index (κ1) is 18.0. The molecular formula is C17H20N8O3. The highest BCUT2D eigenvalue weighted by Gasteiger charge is 2.18. The van der Waals surface area contributed by atoms with Crippen LogP contribution in [-0.4, -0.2) is 47.2 Å². The highest BCUT2D eigenvalue weighted by Crippen LogP contribution is 2.26. The molecule has 0 N–H and O–H groups in total. The van der Waals surface area contributed by atoms with Gasteiger partial charge in [-0.05, 0) is 36.8 Å². The zero-order valence-electron chi connectivity index (χ0n) is 16.3. The molecule has 0 bridgehead atoms. The molecule has 0 aliphatic heterocycles. The van der Waals surface area contributed by atoms with Crippen LogP contribution in [0.25, 0.3) is 16.9 Å². The maximum absolute atomic E-state index is 5.89. The lowest BCUT2D eigenvalue weighted by Gasteiger charge is -2.09. The lowest BCUT2D eigenvalue weighted by atomic mass is 10.1. The van der Waals surface area contributed by atoms with Gasteiger partial charge in [0.2, 0.25) is 5.88 Å². The number of tetrazole rings is 1. The number of hydrogen-bond acceptors (Lipinski definition) is 9. The lowest BCUT2D eigenvalue weighted by Crippen LogP contribution is -2.08. The molecular weight excluding hydrogens is 364 g/mol. The van der Waals surface area contributed by atoms with Crippen LogP contribution in [0.3, 0.4) is 0 Å². The quantitative estimate of drug-likeness (QED) is 0.488. The van der Waals surface area contributed by atoms with Gasteiger partial charge in [0.05, 0.1) is 18.0 Å². The molecule has 11 heteroatoms. The van der Waals surface area contributed by atoms with Crippen LogP contribution in [0, 0.1) is 20.8 Å². The minimum Gasteiger partial charge on any atom is -0.469 e. The number of rotatable bonds is 6. The molecule has 4 aromatic heterocycles. The van der Waals surface area contributed by atoms with Crippen LogP contribution < -0.4 is 4.74 Å². The van der Waals surface area contributed by atoms with Gasteiger partial charge in [0.1, 0.15) is 0 Å². The summed E-state index contributed by atoms with van der Waals surface area (Å²) in [4.78, 5) is 4.57. The summed E-state index contributed by atoms with van der Waals surface area (Å²) in [7, 11) is 3.49. The Kier molecular flexibility index (Phi) is 4.51. The van der Waals surface area contributed by atoms with Gasteiger partial charge in [-0.3, -0.25) is 4.68 Å². The van der Waals surface area contributed by atoms with Crippen molar-refractivity contribution in [3.05, 3.63) is 34.4 Å². The monoisotopic (exact) mass is 384 g/mol. The van der Waals surface area contributed by atoms with Gasteiger partial charge in [-0.15, -0.1) is 5.10 Å². The molecule has 11 nitrogen and oxygen atoms in total. The van der Waals surface area contributed by atoms with Crippen molar-refractivity contribution in [1.29, 1.82) is 0 Å². The first-order valence-corrected chi connectivity index (χ1v) is 8.65. The van der Waals surface area contributed by atoms with E-state index in [0.717, 1.165) is 33.5 Å². The molecule has 146 valence electrons. The third-order valence-electron chi connectivity index (χ3n) is 4.53. The first-order valence-electron chi connectivity index (χ1n) is 8.65. The number of nitrogens with zero attached hydrogens (tertiary/aromatic N) is 8. The largest absolute Gasteiger partial charge is 0.469 e. The van der Waals surface area contributed by atoms with E-state index in [2.05, 4.69) is 30.8 Å². The number of aromatic nitrogens is 8. The zero-order chi connectivity index (χ0) is 19.8. The Morgan fingerprint density at radius 2 is 1.96 bits per heavy atom. The van der Waals surface area contributed by atoms with Gasteiger partial charge in [-0.25, -0.2) is 0 Å². The summed E-state index contributed by atoms with van der Waals surface area (Å²) in [5, 5.41) is 21.1. The Bertz CT molecular complexity index is 1140. The number of fused-ring (bicyclic) bond motifs is 1. The van der Waals surface area contributed by atoms with Gasteiger partial charge in [0.15, 0.2) is 18.1 Å². The minimum atomic E-state index is 0.105. The average molecular weight is 384 g/mol. The second-order valence-electron chi connectivity index (χ2n) is 6.45. The molecule has 0 radical (unpaired) electrons. The van der Waals surface area contributed by atoms with Crippen molar-refractivity contribution in [3.63, 3.8) is 0 Å². The predicted octanol–water partition coefficient (Wildman–Crippen LogP) is 1.58. The summed E-state index contributed by atoms with van der Waals surface area (Å²) in [5.41, 5.74) is 4.21. The molecule has 0 saturated heterocycles. The standard InChI is InChI=1S/C17H20N8O3/c1-9-10(2)21-28-17(9)25-13(19-22-23-25)8-27-14-6-12(7-26-5)15-11(3)20-24(4)16(15)18-14/h6H,7-8H2,1-5H3. The summed E-state index contributed by atoms with van der Waals surface area (Å²) in [5.74, 6) is 1.37. The van der Waals surface area contributed by atoms with Crippen molar-refractivity contribution >= 4 is 11.0 Å². The number of aryl methyl sites for hydroxylation is 3. The van der Waals surface area contributed by atoms with Crippen LogP contribution in [0.5, 0.6) is 5.88 Å². The van der Waals surface area contributed by atoms with Crippen molar-refractivity contribution in [2.75, 3.05) is 7.11 Å². The van der Waals surface area contributed by atoms with E-state index in [1.807, 2.05) is 33.9 Å². The van der Waals surface area contributed by atoms with Crippen molar-refractivity contribution < 1.29 is 14.0 Å². The highest BCUT2D eigenvalue weighted by molar-refractivity contribution is 5.82. The molecule has 0 fully saturated rings. The number of methoxy groups -OCH3 is 1. The van der Waals surface area contributed by atoms with Crippen LogP contribution in [0.4, 0.5) is 0 Å². The van der Waals surface area contributed by atoms with Gasteiger partial charge in [-0.2, -0.15) is 14.8 Å². The predicted molar refractivity (Wildman–Crippen MR) is 97.0 cm³/mol. The van der Waals surface area contributed by atoms with Crippen LogP contribution in [0.2, 0.25) is 0 Å². The summed E-state index contributed by atoms with van der Waals surface area (Å²) in [6, 6.07) is 1.85. The molecule has 4 rings (SSSR count). The Labute approximate surface area is 160 Å². The maximum atomic E-state index is 5.89. The van der Waals surface area contributed by atoms with Crippen molar-refractivity contribution in [3.8, 4) is 11.8 Å². The normalized spacial score (nSPS) is 11.5. The van der Waals surface area contributed by atoms with Gasteiger partial charge in [0, 0.05) is 31.2 Å². The summed E-state index contributed by atoms with van der Waals surface area (Å²) in [6.45, 7) is 6.23. The highest BCUT2D eigenvalue weighted by atomic mass is 16.5. The maximum Gasteiger partial charge on any atom is 0.258 e. The van der Waals surface area contributed by atoms with E-state index < -0.39 is 0 Å². The fraction of sp³-hybridized carbons (Fsp3) is 0.412. The minimum absolute atomic E-state index is 0.105. The number of ether oxygens (including phenoxy) is 2. The SMILES string of the molecule is COCc1cc(OCc2nnnn2-c2onc(C)c2C)nc2c1c(C)nn2C. The Morgan fingerprint density at radius 3 is 2.68 bits per heavy atom. The topological polar surface area (TPSA) is 119 Å². The molecule has 0 aliphatic rings. The van der Waals surface area contributed by atoms with E-state index in [0.29, 0.717) is 24.2 Å². The Balaban J connectivity index is 1.65. The molecule has 0 atom stereocenters. The fourth-order valence-electron chi connectivity index (χ4n) is 3.04. The molecule has 4 aromatic rings. The molecule has 0 saturated carbocycles. The number of hydrogen-bond donors (Lipinski definition) is 0. The molecule has 0 aliphatic carbocycles. The molecule has 0 unspecified atom stereocenters. The van der Waals surface area contributed by atoms with Gasteiger partial charge in [0.25, 0.3) is 5.88 Å². The second kappa shape index (κ2) is 7.00. The van der Waals surface area contributed by atoms with Crippen LogP contribution in [0.1, 0.15) is 28.3 Å². The Morgan fingerprint density at radius 1 is 1.14 bits per heavy atom. The molecule has 0 amide bonds. The van der Waals surface area contributed by atoms with Crippen molar-refractivity contribution in [2.45, 2.75) is 34.0 Å². The fourth-order valence-corrected chi connectivity index (χ4v) is 3.04. The third-order valence-corrected chi connectivity index (χ3v) is 4.53. The van der Waals surface area contributed by atoms with E-state index in [-0.39, 0.29) is 6.61 Å². The van der Waals surface area contributed by atoms with Crippen molar-refractivity contribution in [1.82, 2.24) is 40.1 Å². The van der Waals surface area contributed by atoms with Crippen LogP contribution in [0.15, 0.2) is 10.6 Å². The van der Waals surface area contributed by atoms with E-state index in [1.54, 1.807) is 11.8 Å². The number of pyridine rings is 1. The van der Waals surface area contributed by atoms with E-state index >= 15 is 0 Å². The van der Waals surface area contributed by atoms with Gasteiger partial charge in [-0.1, -0.05) is 5.16 Å². The average Bonchev–Trinajstić information content (AvgIpc) is 3.33. The van der Waals surface area contributed by atoms with E-state index in [4.69, 9.17) is 14.0 Å². The second-order valence-corrected chi connectivity index (χ2v) is 6.45. The molecule has 4 heterocycles. The smallest absolute Gasteiger partial charge is 0.258 e. The molecule has 0 aromatic carbocycles. The van der Waals surface area contributed by atoms with E-state index in [9.17, 15) is 0 Å². The third kappa shape index (κ3) is 2.99.